The first-order chi connectivity index (χ1) is 3.77. The lowest BCUT2D eigenvalue weighted by Gasteiger charge is -1.77. The summed E-state index contributed by atoms with van der Waals surface area (Å²) in [7, 11) is -2.26. The molecule has 5 heteroatoms. The zero-order valence-electron chi connectivity index (χ0n) is 4.16. The predicted molar refractivity (Wildman–Crippen MR) is 28.1 cm³/mol. The molecule has 1 atom stereocenters. The lowest BCUT2D eigenvalue weighted by molar-refractivity contribution is 0.490. The van der Waals surface area contributed by atoms with Gasteiger partial charge in [-0.3, -0.25) is 0 Å². The van der Waals surface area contributed by atoms with E-state index in [1.807, 2.05) is 6.07 Å². The SMILES string of the molecule is N#CCCN[P+](=O)O. The lowest BCUT2D eigenvalue weighted by Crippen LogP contribution is -2.02. The van der Waals surface area contributed by atoms with Crippen LogP contribution in [0.15, 0.2) is 0 Å². The van der Waals surface area contributed by atoms with Crippen molar-refractivity contribution in [1.82, 2.24) is 5.09 Å². The molecule has 2 N–H and O–H groups in total. The quantitative estimate of drug-likeness (QED) is 0.424. The van der Waals surface area contributed by atoms with Crippen molar-refractivity contribution in [2.75, 3.05) is 6.54 Å². The third kappa shape index (κ3) is 5.51. The predicted octanol–water partition coefficient (Wildman–Crippen LogP) is 0.139. The summed E-state index contributed by atoms with van der Waals surface area (Å²) in [5.41, 5.74) is 0. The molecule has 0 rings (SSSR count). The Labute approximate surface area is 48.1 Å². The second-order valence-electron chi connectivity index (χ2n) is 1.09. The van der Waals surface area contributed by atoms with Gasteiger partial charge in [0.2, 0.25) is 0 Å². The maximum absolute atomic E-state index is 9.80. The van der Waals surface area contributed by atoms with Crippen molar-refractivity contribution in [2.45, 2.75) is 6.42 Å². The minimum atomic E-state index is -2.26. The van der Waals surface area contributed by atoms with Gasteiger partial charge in [0.1, 0.15) is 0 Å². The summed E-state index contributed by atoms with van der Waals surface area (Å²) >= 11 is 0. The third-order valence-electron chi connectivity index (χ3n) is 0.484. The minimum Gasteiger partial charge on any atom is -0.198 e. The fraction of sp³-hybridized carbons (Fsp3) is 0.667. The van der Waals surface area contributed by atoms with Crippen LogP contribution in [0.25, 0.3) is 0 Å². The molecule has 0 spiro atoms. The Bertz CT molecular complexity index is 119. The van der Waals surface area contributed by atoms with E-state index in [0.717, 1.165) is 0 Å². The Morgan fingerprint density at radius 1 is 1.88 bits per heavy atom. The van der Waals surface area contributed by atoms with Crippen LogP contribution in [0, 0.1) is 11.3 Å². The van der Waals surface area contributed by atoms with Crippen molar-refractivity contribution in [1.29, 1.82) is 5.26 Å². The number of hydrogen-bond donors (Lipinski definition) is 2. The normalized spacial score (nSPS) is 10.2. The first kappa shape index (κ1) is 7.51. The van der Waals surface area contributed by atoms with Gasteiger partial charge in [0, 0.05) is 0 Å². The molecule has 8 heavy (non-hydrogen) atoms. The summed E-state index contributed by atoms with van der Waals surface area (Å²) < 4.78 is 9.80. The standard InChI is InChI=1S/C3H5N2O2P/c4-2-1-3-5-8(6)7/h1,3H2,(H-,5,6,7)/p+1. The smallest absolute Gasteiger partial charge is 0.198 e. The van der Waals surface area contributed by atoms with Crippen LogP contribution in [-0.2, 0) is 4.57 Å². The zero-order chi connectivity index (χ0) is 6.41. The Morgan fingerprint density at radius 3 is 2.88 bits per heavy atom. The van der Waals surface area contributed by atoms with Gasteiger partial charge in [-0.2, -0.15) is 5.26 Å². The van der Waals surface area contributed by atoms with E-state index in [0.29, 0.717) is 0 Å². The van der Waals surface area contributed by atoms with Crippen molar-refractivity contribution in [3.05, 3.63) is 0 Å². The minimum absolute atomic E-state index is 0.266. The topological polar surface area (TPSA) is 73.1 Å². The molecule has 0 aliphatic rings. The van der Waals surface area contributed by atoms with Crippen LogP contribution in [-0.4, -0.2) is 11.4 Å². The van der Waals surface area contributed by atoms with Crippen LogP contribution in [0.2, 0.25) is 0 Å². The first-order valence-electron chi connectivity index (χ1n) is 2.04. The fourth-order valence-corrected chi connectivity index (χ4v) is 0.511. The highest BCUT2D eigenvalue weighted by molar-refractivity contribution is 7.35. The van der Waals surface area contributed by atoms with Crippen molar-refractivity contribution in [3.8, 4) is 6.07 Å². The van der Waals surface area contributed by atoms with Crippen molar-refractivity contribution in [3.63, 3.8) is 0 Å². The van der Waals surface area contributed by atoms with E-state index in [1.165, 1.54) is 0 Å². The summed E-state index contributed by atoms with van der Waals surface area (Å²) in [4.78, 5) is 8.07. The largest absolute Gasteiger partial charge is 0.610 e. The Morgan fingerprint density at radius 2 is 2.50 bits per heavy atom. The Balaban J connectivity index is 2.97. The van der Waals surface area contributed by atoms with Gasteiger partial charge in [-0.05, 0) is 4.57 Å². The molecule has 0 aliphatic carbocycles. The molecular formula is C3H6N2O2P+. The van der Waals surface area contributed by atoms with Gasteiger partial charge in [0.25, 0.3) is 0 Å². The maximum atomic E-state index is 9.80. The Kier molecular flexibility index (Phi) is 4.38. The number of nitrogens with one attached hydrogen (secondary N) is 1. The highest BCUT2D eigenvalue weighted by Gasteiger charge is 2.05. The molecule has 0 fully saturated rings. The molecule has 0 radical (unpaired) electrons. The van der Waals surface area contributed by atoms with Gasteiger partial charge in [0.05, 0.1) is 19.0 Å². The van der Waals surface area contributed by atoms with Gasteiger partial charge in [-0.25, -0.2) is 0 Å². The summed E-state index contributed by atoms with van der Waals surface area (Å²) in [5, 5.41) is 10.1. The van der Waals surface area contributed by atoms with E-state index in [2.05, 4.69) is 5.09 Å². The van der Waals surface area contributed by atoms with Crippen LogP contribution >= 0.6 is 8.18 Å². The van der Waals surface area contributed by atoms with Crippen LogP contribution in [0.5, 0.6) is 0 Å². The molecule has 0 saturated heterocycles. The van der Waals surface area contributed by atoms with E-state index in [9.17, 15) is 4.57 Å². The lowest BCUT2D eigenvalue weighted by atomic mass is 10.5. The zero-order valence-corrected chi connectivity index (χ0v) is 5.06. The first-order valence-corrected chi connectivity index (χ1v) is 3.25. The van der Waals surface area contributed by atoms with E-state index < -0.39 is 8.18 Å². The van der Waals surface area contributed by atoms with Crippen LogP contribution in [0.1, 0.15) is 6.42 Å². The maximum Gasteiger partial charge on any atom is 0.610 e. The Hall–Kier alpha value is -0.490. The van der Waals surface area contributed by atoms with Gasteiger partial charge in [-0.1, -0.05) is 5.09 Å². The molecule has 4 nitrogen and oxygen atoms in total. The van der Waals surface area contributed by atoms with Gasteiger partial charge < -0.3 is 0 Å². The monoisotopic (exact) mass is 133 g/mol. The summed E-state index contributed by atoms with van der Waals surface area (Å²) in [6.45, 7) is 0.280. The van der Waals surface area contributed by atoms with E-state index in [1.54, 1.807) is 0 Å². The molecule has 0 saturated carbocycles. The fourth-order valence-electron chi connectivity index (χ4n) is 0.207. The molecule has 44 valence electrons. The van der Waals surface area contributed by atoms with Crippen LogP contribution in [0.4, 0.5) is 0 Å². The second kappa shape index (κ2) is 4.66. The number of nitriles is 1. The molecule has 1 unspecified atom stereocenters. The number of nitrogens with zero attached hydrogens (tertiary/aromatic N) is 1. The van der Waals surface area contributed by atoms with E-state index in [-0.39, 0.29) is 13.0 Å². The highest BCUT2D eigenvalue weighted by atomic mass is 31.1. The van der Waals surface area contributed by atoms with Crippen molar-refractivity contribution < 1.29 is 9.46 Å². The van der Waals surface area contributed by atoms with Crippen LogP contribution < -0.4 is 5.09 Å². The molecule has 0 aromatic carbocycles. The summed E-state index contributed by atoms with van der Waals surface area (Å²) in [6, 6.07) is 1.82. The molecule has 0 aromatic rings. The second-order valence-corrected chi connectivity index (χ2v) is 1.95. The molecular weight excluding hydrogens is 127 g/mol. The molecule has 0 aliphatic heterocycles. The van der Waals surface area contributed by atoms with E-state index >= 15 is 0 Å². The summed E-state index contributed by atoms with van der Waals surface area (Å²) in [6.07, 6.45) is 0.266. The third-order valence-corrected chi connectivity index (χ3v) is 0.978. The number of rotatable bonds is 3. The molecule has 0 aromatic heterocycles. The molecule has 0 bridgehead atoms. The molecule has 0 heterocycles. The van der Waals surface area contributed by atoms with Gasteiger partial charge >= 0.3 is 8.18 Å². The number of hydrogen-bond acceptors (Lipinski definition) is 2. The van der Waals surface area contributed by atoms with E-state index in [4.69, 9.17) is 10.2 Å². The van der Waals surface area contributed by atoms with Crippen molar-refractivity contribution >= 4 is 8.18 Å². The summed E-state index contributed by atoms with van der Waals surface area (Å²) in [5.74, 6) is 0. The van der Waals surface area contributed by atoms with Gasteiger partial charge in [-0.15, -0.1) is 4.89 Å². The van der Waals surface area contributed by atoms with Crippen LogP contribution in [0.3, 0.4) is 0 Å². The average molecular weight is 133 g/mol. The van der Waals surface area contributed by atoms with Gasteiger partial charge in [0.15, 0.2) is 0 Å². The highest BCUT2D eigenvalue weighted by Crippen LogP contribution is 2.02. The average Bonchev–Trinajstić information content (AvgIpc) is 1.66. The molecule has 0 amide bonds. The van der Waals surface area contributed by atoms with Crippen molar-refractivity contribution in [2.24, 2.45) is 0 Å².